The summed E-state index contributed by atoms with van der Waals surface area (Å²) in [5.41, 5.74) is 6.59. The Morgan fingerprint density at radius 3 is 2.41 bits per heavy atom. The summed E-state index contributed by atoms with van der Waals surface area (Å²) < 4.78 is 6.53. The highest BCUT2D eigenvalue weighted by Crippen LogP contribution is 2.24. The second kappa shape index (κ2) is 8.84. The van der Waals surface area contributed by atoms with E-state index in [0.717, 1.165) is 35.1 Å². The third-order valence-corrected chi connectivity index (χ3v) is 12.9. The number of rotatable bonds is 9. The molecular formula is C15H27N3OSSi2. The SMILES string of the molecule is C#CCc1cnc(SC[Si](C)(C)O[Si](C)(C)CCCN)nc1. The first-order valence-corrected chi connectivity index (χ1v) is 14.8. The summed E-state index contributed by atoms with van der Waals surface area (Å²) in [5, 5.41) is 1.76. The molecule has 0 atom stereocenters. The predicted octanol–water partition coefficient (Wildman–Crippen LogP) is 3.06. The summed E-state index contributed by atoms with van der Waals surface area (Å²) in [6.07, 6.45) is 10.5. The molecule has 0 aliphatic carbocycles. The van der Waals surface area contributed by atoms with Gasteiger partial charge in [-0.15, -0.1) is 12.3 Å². The lowest BCUT2D eigenvalue weighted by Crippen LogP contribution is -2.46. The number of terminal acetylenes is 1. The Balaban J connectivity index is 2.52. The van der Waals surface area contributed by atoms with E-state index in [1.54, 1.807) is 11.8 Å². The van der Waals surface area contributed by atoms with Crippen molar-refractivity contribution in [3.63, 3.8) is 0 Å². The van der Waals surface area contributed by atoms with Gasteiger partial charge in [0.05, 0.1) is 0 Å². The van der Waals surface area contributed by atoms with Crippen LogP contribution in [0.25, 0.3) is 0 Å². The van der Waals surface area contributed by atoms with Crippen molar-refractivity contribution in [2.75, 3.05) is 11.9 Å². The standard InChI is InChI=1S/C15H27N3OSSi2/c1-6-8-14-11-17-15(18-12-14)20-13-22(4,5)19-21(2,3)10-7-9-16/h1,11-12H,7-10,13,16H2,2-5H3. The van der Waals surface area contributed by atoms with Crippen LogP contribution in [0.2, 0.25) is 32.2 Å². The summed E-state index contributed by atoms with van der Waals surface area (Å²) in [6.45, 7) is 9.85. The van der Waals surface area contributed by atoms with Crippen molar-refractivity contribution in [1.82, 2.24) is 9.97 Å². The first-order chi connectivity index (χ1) is 10.3. The highest BCUT2D eigenvalue weighted by molar-refractivity contribution is 8.00. The predicted molar refractivity (Wildman–Crippen MR) is 99.8 cm³/mol. The van der Waals surface area contributed by atoms with Crippen molar-refractivity contribution in [1.29, 1.82) is 0 Å². The Labute approximate surface area is 140 Å². The van der Waals surface area contributed by atoms with Gasteiger partial charge in [-0.25, -0.2) is 9.97 Å². The minimum absolute atomic E-state index is 0.579. The van der Waals surface area contributed by atoms with Crippen LogP contribution in [0.3, 0.4) is 0 Å². The lowest BCUT2D eigenvalue weighted by atomic mass is 10.3. The van der Waals surface area contributed by atoms with Crippen LogP contribution in [0.15, 0.2) is 17.6 Å². The van der Waals surface area contributed by atoms with Crippen molar-refractivity contribution in [3.05, 3.63) is 18.0 Å². The fraction of sp³-hybridized carbons (Fsp3) is 0.600. The van der Waals surface area contributed by atoms with Crippen LogP contribution in [-0.2, 0) is 10.5 Å². The van der Waals surface area contributed by atoms with Crippen LogP contribution < -0.4 is 5.73 Å². The molecule has 22 heavy (non-hydrogen) atoms. The quantitative estimate of drug-likeness (QED) is 0.320. The maximum absolute atomic E-state index is 6.53. The zero-order chi connectivity index (χ0) is 16.6. The maximum atomic E-state index is 6.53. The fourth-order valence-corrected chi connectivity index (χ4v) is 12.6. The minimum atomic E-state index is -1.73. The van der Waals surface area contributed by atoms with Crippen LogP contribution >= 0.6 is 11.8 Å². The molecule has 0 radical (unpaired) electrons. The van der Waals surface area contributed by atoms with Crippen LogP contribution in [0, 0.1) is 12.3 Å². The van der Waals surface area contributed by atoms with Gasteiger partial charge in [-0.1, -0.05) is 11.8 Å². The van der Waals surface area contributed by atoms with E-state index in [1.807, 2.05) is 12.4 Å². The van der Waals surface area contributed by atoms with Crippen molar-refractivity contribution < 1.29 is 4.12 Å². The average molecular weight is 354 g/mol. The number of hydrogen-bond acceptors (Lipinski definition) is 5. The highest BCUT2D eigenvalue weighted by atomic mass is 32.2. The lowest BCUT2D eigenvalue weighted by molar-refractivity contribution is 0.543. The number of hydrogen-bond donors (Lipinski definition) is 1. The van der Waals surface area contributed by atoms with Gasteiger partial charge in [0.25, 0.3) is 0 Å². The molecule has 0 bridgehead atoms. The molecule has 1 rings (SSSR count). The number of aromatic nitrogens is 2. The molecular weight excluding hydrogens is 326 g/mol. The molecule has 4 nitrogen and oxygen atoms in total. The molecule has 0 amide bonds. The van der Waals surface area contributed by atoms with Crippen LogP contribution in [0.1, 0.15) is 12.0 Å². The average Bonchev–Trinajstić information content (AvgIpc) is 2.44. The molecule has 0 aromatic carbocycles. The van der Waals surface area contributed by atoms with Crippen LogP contribution in [0.5, 0.6) is 0 Å². The molecule has 1 aromatic rings. The summed E-state index contributed by atoms with van der Waals surface area (Å²) in [7, 11) is -3.34. The van der Waals surface area contributed by atoms with E-state index in [0.29, 0.717) is 6.42 Å². The van der Waals surface area contributed by atoms with Gasteiger partial charge >= 0.3 is 0 Å². The fourth-order valence-electron chi connectivity index (χ4n) is 2.22. The van der Waals surface area contributed by atoms with E-state index in [2.05, 4.69) is 42.1 Å². The second-order valence-corrected chi connectivity index (χ2v) is 16.7. The van der Waals surface area contributed by atoms with Gasteiger partial charge in [0.1, 0.15) is 0 Å². The van der Waals surface area contributed by atoms with Crippen molar-refractivity contribution in [2.24, 2.45) is 5.73 Å². The van der Waals surface area contributed by atoms with E-state index < -0.39 is 16.6 Å². The summed E-state index contributed by atoms with van der Waals surface area (Å²) in [5.74, 6) is 2.60. The molecule has 0 spiro atoms. The normalized spacial score (nSPS) is 12.2. The van der Waals surface area contributed by atoms with Gasteiger partial charge in [-0.05, 0) is 45.2 Å². The first kappa shape index (κ1) is 19.4. The minimum Gasteiger partial charge on any atom is -0.455 e. The molecule has 0 saturated heterocycles. The zero-order valence-corrected chi connectivity index (χ0v) is 16.9. The Kier molecular flexibility index (Phi) is 7.79. The summed E-state index contributed by atoms with van der Waals surface area (Å²) in [4.78, 5) is 8.73. The van der Waals surface area contributed by atoms with Crippen molar-refractivity contribution in [3.8, 4) is 12.3 Å². The zero-order valence-electron chi connectivity index (χ0n) is 14.1. The Bertz CT molecular complexity index is 501. The molecule has 1 heterocycles. The molecule has 122 valence electrons. The smallest absolute Gasteiger partial charge is 0.187 e. The van der Waals surface area contributed by atoms with Gasteiger partial charge in [0, 0.05) is 29.8 Å². The second-order valence-electron chi connectivity index (χ2n) is 6.56. The summed E-state index contributed by atoms with van der Waals surface area (Å²) >= 11 is 1.68. The Morgan fingerprint density at radius 1 is 1.23 bits per heavy atom. The molecule has 0 fully saturated rings. The van der Waals surface area contributed by atoms with Gasteiger partial charge < -0.3 is 9.85 Å². The number of nitrogens with two attached hydrogens (primary N) is 1. The highest BCUT2D eigenvalue weighted by Gasteiger charge is 2.32. The van der Waals surface area contributed by atoms with Gasteiger partial charge in [0.2, 0.25) is 0 Å². The largest absolute Gasteiger partial charge is 0.455 e. The molecule has 0 saturated carbocycles. The van der Waals surface area contributed by atoms with E-state index in [9.17, 15) is 0 Å². The van der Waals surface area contributed by atoms with Gasteiger partial charge in [0.15, 0.2) is 21.8 Å². The first-order valence-electron chi connectivity index (χ1n) is 7.55. The van der Waals surface area contributed by atoms with Crippen LogP contribution in [0.4, 0.5) is 0 Å². The third kappa shape index (κ3) is 7.56. The van der Waals surface area contributed by atoms with Gasteiger partial charge in [-0.3, -0.25) is 0 Å². The van der Waals surface area contributed by atoms with Gasteiger partial charge in [-0.2, -0.15) is 0 Å². The van der Waals surface area contributed by atoms with E-state index in [1.165, 1.54) is 0 Å². The number of nitrogens with zero attached hydrogens (tertiary/aromatic N) is 2. The van der Waals surface area contributed by atoms with Crippen molar-refractivity contribution >= 4 is 28.4 Å². The van der Waals surface area contributed by atoms with Crippen molar-refractivity contribution in [2.45, 2.75) is 50.2 Å². The summed E-state index contributed by atoms with van der Waals surface area (Å²) in [6, 6.07) is 1.13. The maximum Gasteiger partial charge on any atom is 0.187 e. The Hall–Kier alpha value is -0.656. The third-order valence-electron chi connectivity index (χ3n) is 3.07. The number of thioether (sulfide) groups is 1. The molecule has 0 unspecified atom stereocenters. The Morgan fingerprint density at radius 2 is 1.86 bits per heavy atom. The van der Waals surface area contributed by atoms with E-state index in [-0.39, 0.29) is 0 Å². The van der Waals surface area contributed by atoms with E-state index in [4.69, 9.17) is 16.3 Å². The topological polar surface area (TPSA) is 61.0 Å². The van der Waals surface area contributed by atoms with Crippen LogP contribution in [-0.4, -0.2) is 38.5 Å². The molecule has 2 N–H and O–H groups in total. The molecule has 7 heteroatoms. The molecule has 0 aliphatic heterocycles. The monoisotopic (exact) mass is 353 g/mol. The van der Waals surface area contributed by atoms with E-state index >= 15 is 0 Å². The lowest BCUT2D eigenvalue weighted by Gasteiger charge is -2.33. The molecule has 0 aliphatic rings. The molecule has 1 aromatic heterocycles.